The van der Waals surface area contributed by atoms with Crippen molar-refractivity contribution < 1.29 is 8.42 Å². The topological polar surface area (TPSA) is 60.2 Å². The third kappa shape index (κ3) is 1.74. The van der Waals surface area contributed by atoms with Gasteiger partial charge in [-0.25, -0.2) is 8.42 Å². The highest BCUT2D eigenvalue weighted by molar-refractivity contribution is 7.92. The van der Waals surface area contributed by atoms with Crippen molar-refractivity contribution in [3.05, 3.63) is 0 Å². The molecule has 1 saturated heterocycles. The van der Waals surface area contributed by atoms with Gasteiger partial charge < -0.3 is 5.73 Å². The van der Waals surface area contributed by atoms with Crippen LogP contribution in [0, 0.1) is 5.41 Å². The molecule has 1 spiro atoms. The van der Waals surface area contributed by atoms with E-state index in [0.717, 1.165) is 25.7 Å². The first-order chi connectivity index (χ1) is 5.83. The quantitative estimate of drug-likeness (QED) is 0.630. The molecule has 0 aromatic heterocycles. The van der Waals surface area contributed by atoms with Crippen LogP contribution in [0.15, 0.2) is 0 Å². The molecule has 1 saturated carbocycles. The molecule has 0 aromatic carbocycles. The van der Waals surface area contributed by atoms with E-state index in [1.54, 1.807) is 0 Å². The van der Waals surface area contributed by atoms with Crippen LogP contribution in [0.3, 0.4) is 0 Å². The summed E-state index contributed by atoms with van der Waals surface area (Å²) in [5.41, 5.74) is 6.07. The van der Waals surface area contributed by atoms with E-state index in [0.29, 0.717) is 11.5 Å². The first-order valence-electron chi connectivity index (χ1n) is 4.82. The van der Waals surface area contributed by atoms with E-state index in [1.807, 2.05) is 0 Å². The van der Waals surface area contributed by atoms with E-state index in [4.69, 9.17) is 5.73 Å². The normalized spacial score (nSPS) is 34.0. The zero-order valence-corrected chi connectivity index (χ0v) is 8.86. The van der Waals surface area contributed by atoms with Crippen molar-refractivity contribution in [2.45, 2.75) is 38.1 Å². The molecule has 0 amide bonds. The fraction of sp³-hybridized carbons (Fsp3) is 1.00. The molecular formula is C9H17NO2S. The first kappa shape index (κ1) is 9.46. The van der Waals surface area contributed by atoms with E-state index in [2.05, 4.69) is 6.92 Å². The lowest BCUT2D eigenvalue weighted by molar-refractivity contribution is 0.166. The predicted octanol–water partition coefficient (Wildman–Crippen LogP) is 0.693. The summed E-state index contributed by atoms with van der Waals surface area (Å²) in [6, 6.07) is 0. The van der Waals surface area contributed by atoms with Crippen LogP contribution in [0.4, 0.5) is 0 Å². The first-order valence-corrected chi connectivity index (χ1v) is 6.64. The van der Waals surface area contributed by atoms with E-state index in [-0.39, 0.29) is 11.0 Å². The van der Waals surface area contributed by atoms with Crippen LogP contribution in [0.5, 0.6) is 0 Å². The van der Waals surface area contributed by atoms with Gasteiger partial charge in [-0.3, -0.25) is 0 Å². The summed E-state index contributed by atoms with van der Waals surface area (Å²) >= 11 is 0. The number of nitrogens with two attached hydrogens (primary N) is 1. The molecular weight excluding hydrogens is 186 g/mol. The van der Waals surface area contributed by atoms with Crippen molar-refractivity contribution in [3.63, 3.8) is 0 Å². The average molecular weight is 203 g/mol. The highest BCUT2D eigenvalue weighted by Crippen LogP contribution is 2.47. The lowest BCUT2D eigenvalue weighted by Gasteiger charge is -2.48. The molecule has 4 heteroatoms. The van der Waals surface area contributed by atoms with Crippen LogP contribution < -0.4 is 5.73 Å². The molecule has 0 bridgehead atoms. The van der Waals surface area contributed by atoms with Crippen molar-refractivity contribution in [2.75, 3.05) is 11.5 Å². The highest BCUT2D eigenvalue weighted by Gasteiger charge is 2.50. The van der Waals surface area contributed by atoms with Gasteiger partial charge in [0.2, 0.25) is 0 Å². The number of rotatable bonds is 0. The van der Waals surface area contributed by atoms with Crippen LogP contribution >= 0.6 is 0 Å². The third-order valence-corrected chi connectivity index (χ3v) is 5.61. The lowest BCUT2D eigenvalue weighted by atomic mass is 9.70. The molecule has 1 heterocycles. The molecule has 2 fully saturated rings. The monoisotopic (exact) mass is 203 g/mol. The Kier molecular flexibility index (Phi) is 1.81. The SMILES string of the molecule is CC1(N)CCC2(CC1)CS(=O)(=O)C2. The maximum absolute atomic E-state index is 11.1. The molecule has 76 valence electrons. The Morgan fingerprint density at radius 1 is 1.08 bits per heavy atom. The van der Waals surface area contributed by atoms with Gasteiger partial charge in [-0.15, -0.1) is 0 Å². The Bertz CT molecular complexity index is 295. The minimum atomic E-state index is -2.67. The van der Waals surface area contributed by atoms with Crippen LogP contribution in [-0.2, 0) is 9.84 Å². The Balaban J connectivity index is 2.01. The largest absolute Gasteiger partial charge is 0.325 e. The second-order valence-electron chi connectivity index (χ2n) is 5.19. The zero-order valence-electron chi connectivity index (χ0n) is 8.04. The lowest BCUT2D eigenvalue weighted by Crippen LogP contribution is -2.54. The molecule has 2 rings (SSSR count). The van der Waals surface area contributed by atoms with Crippen LogP contribution in [0.25, 0.3) is 0 Å². The van der Waals surface area contributed by atoms with Gasteiger partial charge in [0.25, 0.3) is 0 Å². The van der Waals surface area contributed by atoms with Crippen molar-refractivity contribution in [2.24, 2.45) is 11.1 Å². The molecule has 1 aliphatic heterocycles. The molecule has 2 N–H and O–H groups in total. The van der Waals surface area contributed by atoms with Gasteiger partial charge in [-0.05, 0) is 38.0 Å². The van der Waals surface area contributed by atoms with Gasteiger partial charge >= 0.3 is 0 Å². The van der Waals surface area contributed by atoms with E-state index in [1.165, 1.54) is 0 Å². The summed E-state index contributed by atoms with van der Waals surface area (Å²) in [7, 11) is -2.67. The summed E-state index contributed by atoms with van der Waals surface area (Å²) in [5.74, 6) is 0.826. The van der Waals surface area contributed by atoms with Gasteiger partial charge in [0, 0.05) is 5.54 Å². The zero-order chi connectivity index (χ0) is 9.74. The molecule has 0 unspecified atom stereocenters. The summed E-state index contributed by atoms with van der Waals surface area (Å²) in [6.07, 6.45) is 3.95. The van der Waals surface area contributed by atoms with Gasteiger partial charge in [0.15, 0.2) is 9.84 Å². The minimum absolute atomic E-state index is 0.0510. The summed E-state index contributed by atoms with van der Waals surface area (Å²) in [5, 5.41) is 0. The smallest absolute Gasteiger partial charge is 0.151 e. The van der Waals surface area contributed by atoms with Gasteiger partial charge in [-0.2, -0.15) is 0 Å². The predicted molar refractivity (Wildman–Crippen MR) is 52.1 cm³/mol. The van der Waals surface area contributed by atoms with Crippen molar-refractivity contribution in [1.82, 2.24) is 0 Å². The van der Waals surface area contributed by atoms with Crippen molar-refractivity contribution >= 4 is 9.84 Å². The molecule has 13 heavy (non-hydrogen) atoms. The third-order valence-electron chi connectivity index (χ3n) is 3.51. The number of sulfone groups is 1. The molecule has 1 aliphatic carbocycles. The van der Waals surface area contributed by atoms with Gasteiger partial charge in [0.05, 0.1) is 11.5 Å². The second-order valence-corrected chi connectivity index (χ2v) is 7.25. The second kappa shape index (κ2) is 2.48. The van der Waals surface area contributed by atoms with Crippen molar-refractivity contribution in [3.8, 4) is 0 Å². The highest BCUT2D eigenvalue weighted by atomic mass is 32.2. The Hall–Kier alpha value is -0.0900. The summed E-state index contributed by atoms with van der Waals surface area (Å²) in [4.78, 5) is 0. The molecule has 3 nitrogen and oxygen atoms in total. The summed E-state index contributed by atoms with van der Waals surface area (Å²) < 4.78 is 22.2. The summed E-state index contributed by atoms with van der Waals surface area (Å²) in [6.45, 7) is 2.06. The van der Waals surface area contributed by atoms with E-state index < -0.39 is 9.84 Å². The average Bonchev–Trinajstić information content (AvgIpc) is 1.92. The van der Waals surface area contributed by atoms with Gasteiger partial charge in [0.1, 0.15) is 0 Å². The van der Waals surface area contributed by atoms with Gasteiger partial charge in [-0.1, -0.05) is 0 Å². The van der Waals surface area contributed by atoms with Crippen molar-refractivity contribution in [1.29, 1.82) is 0 Å². The molecule has 0 atom stereocenters. The maximum Gasteiger partial charge on any atom is 0.151 e. The van der Waals surface area contributed by atoms with Crippen LogP contribution in [0.1, 0.15) is 32.6 Å². The van der Waals surface area contributed by atoms with Crippen LogP contribution in [0.2, 0.25) is 0 Å². The molecule has 0 radical (unpaired) electrons. The van der Waals surface area contributed by atoms with Crippen LogP contribution in [-0.4, -0.2) is 25.5 Å². The Morgan fingerprint density at radius 2 is 1.54 bits per heavy atom. The molecule has 0 aromatic rings. The minimum Gasteiger partial charge on any atom is -0.325 e. The molecule has 2 aliphatic rings. The number of hydrogen-bond acceptors (Lipinski definition) is 3. The fourth-order valence-corrected chi connectivity index (χ4v) is 4.89. The number of hydrogen-bond donors (Lipinski definition) is 1. The fourth-order valence-electron chi connectivity index (χ4n) is 2.53. The Morgan fingerprint density at radius 3 is 1.92 bits per heavy atom. The maximum atomic E-state index is 11.1. The van der Waals surface area contributed by atoms with E-state index in [9.17, 15) is 8.42 Å². The Labute approximate surface area is 79.6 Å². The standard InChI is InChI=1S/C9H17NO2S/c1-8(10)2-4-9(5-3-8)6-13(11,12)7-9/h2-7,10H2,1H3. The van der Waals surface area contributed by atoms with E-state index >= 15 is 0 Å².